The molecule has 118 valence electrons. The van der Waals surface area contributed by atoms with Gasteiger partial charge in [-0.15, -0.1) is 0 Å². The number of nitrogens with zero attached hydrogens (tertiary/aromatic N) is 1. The average molecular weight is 332 g/mol. The second kappa shape index (κ2) is 5.79. The number of nitrogen functional groups attached to an aromatic ring is 1. The fourth-order valence-electron chi connectivity index (χ4n) is 1.31. The van der Waals surface area contributed by atoms with E-state index in [1.165, 1.54) is 0 Å². The van der Waals surface area contributed by atoms with Gasteiger partial charge in [-0.25, -0.2) is 17.5 Å². The van der Waals surface area contributed by atoms with Crippen LogP contribution in [0.15, 0.2) is 17.0 Å². The van der Waals surface area contributed by atoms with Gasteiger partial charge in [-0.05, 0) is 0 Å². The summed E-state index contributed by atoms with van der Waals surface area (Å²) in [7, 11) is -4.92. The highest BCUT2D eigenvalue weighted by molar-refractivity contribution is 7.89. The fraction of sp³-hybridized carbons (Fsp3) is 0.250. The van der Waals surface area contributed by atoms with Gasteiger partial charge >= 0.3 is 6.18 Å². The molecule has 0 fully saturated rings. The van der Waals surface area contributed by atoms with E-state index >= 15 is 0 Å². The molecule has 4 N–H and O–H groups in total. The molecule has 0 amide bonds. The first kappa shape index (κ1) is 17.1. The van der Waals surface area contributed by atoms with Gasteiger partial charge in [-0.1, -0.05) is 0 Å². The van der Waals surface area contributed by atoms with Crippen LogP contribution in [0.3, 0.4) is 0 Å². The van der Waals surface area contributed by atoms with Crippen LogP contribution in [-0.2, 0) is 10.0 Å². The number of nitrogens with two attached hydrogens (primary N) is 1. The molecule has 0 unspecified atom stereocenters. The molecule has 13 heteroatoms. The topological polar surface area (TPSA) is 127 Å². The molecular formula is C8H8F4N4O4S. The monoisotopic (exact) mass is 332 g/mol. The molecule has 21 heavy (non-hydrogen) atoms. The normalized spacial score (nSPS) is 12.2. The zero-order chi connectivity index (χ0) is 16.4. The van der Waals surface area contributed by atoms with Crippen LogP contribution in [0.5, 0.6) is 0 Å². The van der Waals surface area contributed by atoms with Gasteiger partial charge in [0.25, 0.3) is 5.69 Å². The molecule has 0 aliphatic carbocycles. The van der Waals surface area contributed by atoms with Crippen LogP contribution in [0.1, 0.15) is 0 Å². The zero-order valence-electron chi connectivity index (χ0n) is 9.94. The van der Waals surface area contributed by atoms with Crippen molar-refractivity contribution in [3.05, 3.63) is 28.1 Å². The maximum absolute atomic E-state index is 13.7. The Balaban J connectivity index is 3.32. The van der Waals surface area contributed by atoms with E-state index in [1.54, 1.807) is 5.43 Å². The third-order valence-corrected chi connectivity index (χ3v) is 3.60. The van der Waals surface area contributed by atoms with Crippen LogP contribution in [0.25, 0.3) is 0 Å². The second-order valence-electron chi connectivity index (χ2n) is 3.65. The number of hydrazine groups is 1. The highest BCUT2D eigenvalue weighted by Gasteiger charge is 2.33. The van der Waals surface area contributed by atoms with Gasteiger partial charge in [0.15, 0.2) is 5.82 Å². The number of nitro benzene ring substituents is 1. The van der Waals surface area contributed by atoms with Crippen LogP contribution in [-0.4, -0.2) is 26.1 Å². The van der Waals surface area contributed by atoms with Crippen molar-refractivity contribution < 1.29 is 30.9 Å². The number of non-ortho nitro benzene ring substituents is 1. The Kier molecular flexibility index (Phi) is 4.70. The van der Waals surface area contributed by atoms with Crippen molar-refractivity contribution in [1.29, 1.82) is 0 Å². The minimum atomic E-state index is -4.92. The maximum atomic E-state index is 13.7. The second-order valence-corrected chi connectivity index (χ2v) is 5.35. The number of alkyl halides is 3. The summed E-state index contributed by atoms with van der Waals surface area (Å²) in [4.78, 5) is 8.22. The van der Waals surface area contributed by atoms with Gasteiger partial charge in [-0.2, -0.15) is 13.2 Å². The lowest BCUT2D eigenvalue weighted by Crippen LogP contribution is -2.34. The average Bonchev–Trinajstić information content (AvgIpc) is 2.34. The van der Waals surface area contributed by atoms with Gasteiger partial charge in [0.1, 0.15) is 11.4 Å². The number of nitro groups is 1. The molecule has 0 atom stereocenters. The lowest BCUT2D eigenvalue weighted by atomic mass is 10.3. The predicted molar refractivity (Wildman–Crippen MR) is 62.1 cm³/mol. The molecule has 1 aromatic rings. The highest BCUT2D eigenvalue weighted by Crippen LogP contribution is 2.29. The fourth-order valence-corrected chi connectivity index (χ4v) is 2.53. The first-order chi connectivity index (χ1) is 9.48. The Morgan fingerprint density at radius 3 is 2.33 bits per heavy atom. The van der Waals surface area contributed by atoms with Crippen molar-refractivity contribution >= 4 is 21.4 Å². The molecule has 1 rings (SSSR count). The standard InChI is InChI=1S/C8H8F4N4O4S/c9-5-1-4(16(17)18)2-6(15-13)7(5)21(19,20)14-3-8(10,11)12/h1-2,14-15H,3,13H2. The smallest absolute Gasteiger partial charge is 0.323 e. The summed E-state index contributed by atoms with van der Waals surface area (Å²) >= 11 is 0. The minimum Gasteiger partial charge on any atom is -0.323 e. The van der Waals surface area contributed by atoms with E-state index in [1.807, 2.05) is 0 Å². The van der Waals surface area contributed by atoms with Gasteiger partial charge in [-0.3, -0.25) is 16.0 Å². The van der Waals surface area contributed by atoms with Gasteiger partial charge < -0.3 is 5.43 Å². The van der Waals surface area contributed by atoms with Crippen molar-refractivity contribution in [2.75, 3.05) is 12.0 Å². The number of anilines is 1. The molecule has 0 heterocycles. The quantitative estimate of drug-likeness (QED) is 0.318. The van der Waals surface area contributed by atoms with E-state index in [9.17, 15) is 36.1 Å². The lowest BCUT2D eigenvalue weighted by Gasteiger charge is -2.13. The lowest BCUT2D eigenvalue weighted by molar-refractivity contribution is -0.385. The summed E-state index contributed by atoms with van der Waals surface area (Å²) in [5.41, 5.74) is 0.113. The van der Waals surface area contributed by atoms with Gasteiger partial charge in [0, 0.05) is 6.07 Å². The van der Waals surface area contributed by atoms with Crippen molar-refractivity contribution in [2.45, 2.75) is 11.1 Å². The number of halogens is 4. The summed E-state index contributed by atoms with van der Waals surface area (Å²) in [5.74, 6) is 3.29. The summed E-state index contributed by atoms with van der Waals surface area (Å²) in [6, 6.07) is 0.828. The van der Waals surface area contributed by atoms with Crippen LogP contribution in [0.4, 0.5) is 28.9 Å². The van der Waals surface area contributed by atoms with E-state index in [-0.39, 0.29) is 6.07 Å². The first-order valence-corrected chi connectivity index (χ1v) is 6.47. The van der Waals surface area contributed by atoms with Gasteiger partial charge in [0.05, 0.1) is 16.7 Å². The number of hydrogen-bond donors (Lipinski definition) is 3. The molecule has 0 saturated carbocycles. The molecule has 8 nitrogen and oxygen atoms in total. The van der Waals surface area contributed by atoms with Crippen LogP contribution in [0.2, 0.25) is 0 Å². The molecule has 0 aliphatic rings. The predicted octanol–water partition coefficient (Wildman–Crippen LogP) is 0.860. The highest BCUT2D eigenvalue weighted by atomic mass is 32.2. The number of nitrogens with one attached hydrogen (secondary N) is 2. The summed E-state index contributed by atoms with van der Waals surface area (Å²) in [5, 5.41) is 10.5. The summed E-state index contributed by atoms with van der Waals surface area (Å²) in [6.07, 6.45) is -4.86. The third-order valence-electron chi connectivity index (χ3n) is 2.13. The molecule has 0 bridgehead atoms. The maximum Gasteiger partial charge on any atom is 0.402 e. The van der Waals surface area contributed by atoms with Crippen molar-refractivity contribution in [3.63, 3.8) is 0 Å². The minimum absolute atomic E-state index is 0.253. The van der Waals surface area contributed by atoms with E-state index < -0.39 is 49.8 Å². The largest absolute Gasteiger partial charge is 0.402 e. The third kappa shape index (κ3) is 4.24. The Bertz CT molecular complexity index is 661. The van der Waals surface area contributed by atoms with E-state index in [0.29, 0.717) is 6.07 Å². The number of hydrogen-bond acceptors (Lipinski definition) is 6. The SMILES string of the molecule is NNc1cc([N+](=O)[O-])cc(F)c1S(=O)(=O)NCC(F)(F)F. The Morgan fingerprint density at radius 2 is 1.90 bits per heavy atom. The molecule has 0 saturated heterocycles. The Labute approximate surface area is 115 Å². The molecule has 0 aliphatic heterocycles. The van der Waals surface area contributed by atoms with Gasteiger partial charge in [0.2, 0.25) is 10.0 Å². The first-order valence-electron chi connectivity index (χ1n) is 4.99. The molecule has 0 aromatic heterocycles. The number of rotatable bonds is 5. The van der Waals surface area contributed by atoms with Crippen LogP contribution < -0.4 is 16.0 Å². The van der Waals surface area contributed by atoms with Crippen molar-refractivity contribution in [1.82, 2.24) is 4.72 Å². The Hall–Kier alpha value is -1.99. The van der Waals surface area contributed by atoms with Crippen LogP contribution >= 0.6 is 0 Å². The van der Waals surface area contributed by atoms with E-state index in [4.69, 9.17) is 5.84 Å². The zero-order valence-corrected chi connectivity index (χ0v) is 10.8. The molecule has 1 aromatic carbocycles. The summed E-state index contributed by atoms with van der Waals surface area (Å²) in [6.45, 7) is -1.93. The summed E-state index contributed by atoms with van der Waals surface area (Å²) < 4.78 is 74.1. The van der Waals surface area contributed by atoms with Crippen LogP contribution in [0, 0.1) is 15.9 Å². The van der Waals surface area contributed by atoms with E-state index in [2.05, 4.69) is 0 Å². The Morgan fingerprint density at radius 1 is 1.33 bits per heavy atom. The molecule has 0 radical (unpaired) electrons. The number of sulfonamides is 1. The van der Waals surface area contributed by atoms with E-state index in [0.717, 1.165) is 4.72 Å². The van der Waals surface area contributed by atoms with Crippen molar-refractivity contribution in [3.8, 4) is 0 Å². The molecule has 0 spiro atoms. The number of benzene rings is 1. The molecular weight excluding hydrogens is 324 g/mol. The van der Waals surface area contributed by atoms with Crippen molar-refractivity contribution in [2.24, 2.45) is 5.84 Å².